The van der Waals surface area contributed by atoms with Crippen molar-refractivity contribution in [3.05, 3.63) is 47.8 Å². The summed E-state index contributed by atoms with van der Waals surface area (Å²) in [5.41, 5.74) is 2.81. The molecular formula is C23H29N3O4S. The number of rotatable bonds is 11. The predicted octanol–water partition coefficient (Wildman–Crippen LogP) is 4.13. The van der Waals surface area contributed by atoms with Gasteiger partial charge in [0.25, 0.3) is 0 Å². The Morgan fingerprint density at radius 2 is 1.84 bits per heavy atom. The molecule has 3 rings (SSSR count). The summed E-state index contributed by atoms with van der Waals surface area (Å²) in [5.74, 6) is 3.39. The van der Waals surface area contributed by atoms with Crippen molar-refractivity contribution in [1.29, 1.82) is 0 Å². The summed E-state index contributed by atoms with van der Waals surface area (Å²) in [6.45, 7) is 0. The molecule has 1 amide bonds. The molecule has 7 nitrogen and oxygen atoms in total. The predicted molar refractivity (Wildman–Crippen MR) is 124 cm³/mol. The number of amides is 1. The zero-order chi connectivity index (χ0) is 22.2. The van der Waals surface area contributed by atoms with Gasteiger partial charge in [0.15, 0.2) is 11.5 Å². The van der Waals surface area contributed by atoms with Crippen LogP contribution in [0, 0.1) is 0 Å². The summed E-state index contributed by atoms with van der Waals surface area (Å²) in [4.78, 5) is 20.8. The third-order valence-electron chi connectivity index (χ3n) is 5.05. The molecule has 0 aliphatic rings. The number of nitrogens with one attached hydrogen (secondary N) is 2. The fraction of sp³-hybridized carbons (Fsp3) is 0.391. The minimum absolute atomic E-state index is 0.0275. The van der Waals surface area contributed by atoms with E-state index in [4.69, 9.17) is 14.2 Å². The van der Waals surface area contributed by atoms with Gasteiger partial charge in [-0.15, -0.1) is 0 Å². The molecule has 1 aromatic heterocycles. The van der Waals surface area contributed by atoms with Crippen molar-refractivity contribution in [2.45, 2.75) is 25.3 Å². The molecule has 0 saturated heterocycles. The standard InChI is InChI=1S/C23H29N3O4S/c1-28-19-13-15(14-20(29-2)22(19)30-3)9-10-21(27)24-18(11-12-31-4)23-25-16-7-5-6-8-17(16)26-23/h5-8,13-14,18H,9-12H2,1-4H3,(H,24,27)(H,25,26)/t18-/m1/s1. The second-order valence-corrected chi connectivity index (χ2v) is 8.06. The number of para-hydroxylation sites is 2. The van der Waals surface area contributed by atoms with E-state index in [1.165, 1.54) is 0 Å². The van der Waals surface area contributed by atoms with Gasteiger partial charge in [0.2, 0.25) is 11.7 Å². The third-order valence-corrected chi connectivity index (χ3v) is 5.69. The Hall–Kier alpha value is -2.87. The van der Waals surface area contributed by atoms with Gasteiger partial charge in [-0.05, 0) is 54.7 Å². The summed E-state index contributed by atoms with van der Waals surface area (Å²) in [6, 6.07) is 11.5. The summed E-state index contributed by atoms with van der Waals surface area (Å²) in [7, 11) is 4.73. The minimum atomic E-state index is -0.160. The Bertz CT molecular complexity index is 963. The fourth-order valence-corrected chi connectivity index (χ4v) is 3.93. The highest BCUT2D eigenvalue weighted by Crippen LogP contribution is 2.38. The van der Waals surface area contributed by atoms with Crippen molar-refractivity contribution in [2.75, 3.05) is 33.3 Å². The Kier molecular flexibility index (Phi) is 8.06. The number of carbonyl (C=O) groups is 1. The van der Waals surface area contributed by atoms with Crippen LogP contribution in [0.15, 0.2) is 36.4 Å². The number of aromatic nitrogens is 2. The molecule has 1 atom stereocenters. The lowest BCUT2D eigenvalue weighted by Crippen LogP contribution is -2.30. The summed E-state index contributed by atoms with van der Waals surface area (Å²) < 4.78 is 16.2. The number of hydrogen-bond acceptors (Lipinski definition) is 6. The fourth-order valence-electron chi connectivity index (χ4n) is 3.45. The molecule has 0 spiro atoms. The van der Waals surface area contributed by atoms with Gasteiger partial charge >= 0.3 is 0 Å². The Balaban J connectivity index is 1.70. The van der Waals surface area contributed by atoms with Crippen LogP contribution in [0.1, 0.15) is 30.3 Å². The molecule has 2 N–H and O–H groups in total. The molecule has 8 heteroatoms. The second kappa shape index (κ2) is 10.9. The van der Waals surface area contributed by atoms with Gasteiger partial charge in [-0.2, -0.15) is 11.8 Å². The highest BCUT2D eigenvalue weighted by atomic mass is 32.2. The van der Waals surface area contributed by atoms with Crippen molar-refractivity contribution in [3.8, 4) is 17.2 Å². The first-order valence-corrected chi connectivity index (χ1v) is 11.5. The first kappa shape index (κ1) is 22.8. The molecule has 31 heavy (non-hydrogen) atoms. The van der Waals surface area contributed by atoms with Gasteiger partial charge in [-0.1, -0.05) is 12.1 Å². The van der Waals surface area contributed by atoms with Crippen molar-refractivity contribution in [1.82, 2.24) is 15.3 Å². The first-order valence-electron chi connectivity index (χ1n) is 10.1. The van der Waals surface area contributed by atoms with E-state index in [0.717, 1.165) is 34.6 Å². The number of hydrogen-bond donors (Lipinski definition) is 2. The van der Waals surface area contributed by atoms with E-state index in [2.05, 4.69) is 21.5 Å². The largest absolute Gasteiger partial charge is 0.493 e. The van der Waals surface area contributed by atoms with E-state index in [9.17, 15) is 4.79 Å². The monoisotopic (exact) mass is 443 g/mol. The molecule has 0 aliphatic heterocycles. The lowest BCUT2D eigenvalue weighted by atomic mass is 10.1. The minimum Gasteiger partial charge on any atom is -0.493 e. The Labute approximate surface area is 186 Å². The Morgan fingerprint density at radius 3 is 2.45 bits per heavy atom. The topological polar surface area (TPSA) is 85.5 Å². The molecule has 0 saturated carbocycles. The van der Waals surface area contributed by atoms with Crippen LogP contribution in [-0.4, -0.2) is 49.2 Å². The first-order chi connectivity index (χ1) is 15.1. The second-order valence-electron chi connectivity index (χ2n) is 7.07. The van der Waals surface area contributed by atoms with E-state index >= 15 is 0 Å². The maximum Gasteiger partial charge on any atom is 0.220 e. The third kappa shape index (κ3) is 5.64. The molecule has 3 aromatic rings. The lowest BCUT2D eigenvalue weighted by Gasteiger charge is -2.17. The average molecular weight is 444 g/mol. The number of imidazole rings is 1. The number of thioether (sulfide) groups is 1. The number of aryl methyl sites for hydroxylation is 1. The maximum atomic E-state index is 12.8. The van der Waals surface area contributed by atoms with Crippen molar-refractivity contribution < 1.29 is 19.0 Å². The summed E-state index contributed by atoms with van der Waals surface area (Å²) in [6.07, 6.45) is 3.76. The molecule has 0 bridgehead atoms. The van der Waals surface area contributed by atoms with Crippen LogP contribution in [0.5, 0.6) is 17.2 Å². The number of methoxy groups -OCH3 is 3. The summed E-state index contributed by atoms with van der Waals surface area (Å²) in [5, 5.41) is 3.15. The SMILES string of the molecule is COc1cc(CCC(=O)N[C@H](CCSC)c2nc3ccccc3[nH]2)cc(OC)c1OC. The highest BCUT2D eigenvalue weighted by Gasteiger charge is 2.19. The molecule has 2 aromatic carbocycles. The van der Waals surface area contributed by atoms with E-state index in [-0.39, 0.29) is 11.9 Å². The lowest BCUT2D eigenvalue weighted by molar-refractivity contribution is -0.121. The average Bonchev–Trinajstić information content (AvgIpc) is 3.23. The van der Waals surface area contributed by atoms with Gasteiger partial charge in [0, 0.05) is 6.42 Å². The van der Waals surface area contributed by atoms with E-state index in [1.54, 1.807) is 33.1 Å². The van der Waals surface area contributed by atoms with Gasteiger partial charge in [0.1, 0.15) is 5.82 Å². The molecule has 0 fully saturated rings. The Morgan fingerprint density at radius 1 is 1.13 bits per heavy atom. The number of carbonyl (C=O) groups excluding carboxylic acids is 1. The number of H-pyrrole nitrogens is 1. The van der Waals surface area contributed by atoms with Crippen LogP contribution in [0.4, 0.5) is 0 Å². The smallest absolute Gasteiger partial charge is 0.220 e. The quantitative estimate of drug-likeness (QED) is 0.463. The number of ether oxygens (including phenoxy) is 3. The zero-order valence-corrected chi connectivity index (χ0v) is 19.2. The van der Waals surface area contributed by atoms with E-state index < -0.39 is 0 Å². The van der Waals surface area contributed by atoms with Crippen molar-refractivity contribution in [3.63, 3.8) is 0 Å². The van der Waals surface area contributed by atoms with Gasteiger partial charge in [-0.25, -0.2) is 4.98 Å². The zero-order valence-electron chi connectivity index (χ0n) is 18.4. The van der Waals surface area contributed by atoms with Gasteiger partial charge < -0.3 is 24.5 Å². The molecule has 1 heterocycles. The number of aromatic amines is 1. The van der Waals surface area contributed by atoms with Crippen molar-refractivity contribution in [2.24, 2.45) is 0 Å². The normalized spacial score (nSPS) is 11.9. The molecule has 0 unspecified atom stereocenters. The van der Waals surface area contributed by atoms with E-state index in [0.29, 0.717) is 30.1 Å². The summed E-state index contributed by atoms with van der Waals surface area (Å²) >= 11 is 1.75. The number of benzene rings is 2. The molecular weight excluding hydrogens is 414 g/mol. The van der Waals surface area contributed by atoms with Crippen LogP contribution in [0.25, 0.3) is 11.0 Å². The van der Waals surface area contributed by atoms with Crippen molar-refractivity contribution >= 4 is 28.7 Å². The van der Waals surface area contributed by atoms with E-state index in [1.807, 2.05) is 36.4 Å². The molecule has 0 radical (unpaired) electrons. The van der Waals surface area contributed by atoms with Gasteiger partial charge in [-0.3, -0.25) is 4.79 Å². The highest BCUT2D eigenvalue weighted by molar-refractivity contribution is 7.98. The maximum absolute atomic E-state index is 12.8. The number of nitrogens with zero attached hydrogens (tertiary/aromatic N) is 1. The van der Waals surface area contributed by atoms with Crippen LogP contribution >= 0.6 is 11.8 Å². The van der Waals surface area contributed by atoms with Crippen LogP contribution in [0.2, 0.25) is 0 Å². The van der Waals surface area contributed by atoms with Crippen LogP contribution < -0.4 is 19.5 Å². The van der Waals surface area contributed by atoms with Crippen LogP contribution in [-0.2, 0) is 11.2 Å². The molecule has 0 aliphatic carbocycles. The van der Waals surface area contributed by atoms with Crippen LogP contribution in [0.3, 0.4) is 0 Å². The molecule has 166 valence electrons. The van der Waals surface area contributed by atoms with Gasteiger partial charge in [0.05, 0.1) is 38.4 Å². The number of fused-ring (bicyclic) bond motifs is 1.